The van der Waals surface area contributed by atoms with Gasteiger partial charge in [0.1, 0.15) is 12.4 Å². The number of aryl methyl sites for hydroxylation is 4. The first-order valence-electron chi connectivity index (χ1n) is 7.45. The molecule has 22 heavy (non-hydrogen) atoms. The molecule has 2 rings (SSSR count). The molecular weight excluding hydrogens is 296 g/mol. The van der Waals surface area contributed by atoms with Gasteiger partial charge in [-0.3, -0.25) is 4.79 Å². The van der Waals surface area contributed by atoms with Crippen LogP contribution in [0.25, 0.3) is 0 Å². The van der Waals surface area contributed by atoms with Gasteiger partial charge < -0.3 is 4.74 Å². The summed E-state index contributed by atoms with van der Waals surface area (Å²) in [4.78, 5) is 11.6. The zero-order valence-electron chi connectivity index (χ0n) is 13.5. The number of hydrogen-bond donors (Lipinski definition) is 0. The Morgan fingerprint density at radius 2 is 1.77 bits per heavy atom. The molecule has 0 fully saturated rings. The second-order valence-electron chi connectivity index (χ2n) is 5.56. The minimum Gasteiger partial charge on any atom is -0.489 e. The third-order valence-electron chi connectivity index (χ3n) is 4.03. The van der Waals surface area contributed by atoms with Crippen LogP contribution in [0.15, 0.2) is 30.3 Å². The molecule has 0 aliphatic heterocycles. The highest BCUT2D eigenvalue weighted by molar-refractivity contribution is 6.67. The van der Waals surface area contributed by atoms with E-state index in [1.54, 1.807) is 6.07 Å². The van der Waals surface area contributed by atoms with Crippen molar-refractivity contribution in [3.8, 4) is 5.75 Å². The maximum absolute atomic E-state index is 11.6. The molecule has 0 radical (unpaired) electrons. The Hall–Kier alpha value is -1.80. The van der Waals surface area contributed by atoms with E-state index in [2.05, 4.69) is 26.8 Å². The summed E-state index contributed by atoms with van der Waals surface area (Å²) >= 11 is 5.70. The minimum atomic E-state index is -0.439. The van der Waals surface area contributed by atoms with Gasteiger partial charge in [0.05, 0.1) is 0 Å². The highest BCUT2D eigenvalue weighted by atomic mass is 35.5. The highest BCUT2D eigenvalue weighted by Gasteiger charge is 2.13. The van der Waals surface area contributed by atoms with Crippen LogP contribution in [0.5, 0.6) is 5.75 Å². The van der Waals surface area contributed by atoms with Crippen molar-refractivity contribution >= 4 is 16.8 Å². The van der Waals surface area contributed by atoms with Gasteiger partial charge in [0.15, 0.2) is 0 Å². The van der Waals surface area contributed by atoms with E-state index < -0.39 is 5.24 Å². The molecule has 0 heterocycles. The standard InChI is InChI=1S/C19H21ClO2/c1-5-15-7-6-8-16(19(20)21)17(15)11-22-18-10-13(3)12(2)9-14(18)4/h6-10H,5,11H2,1-4H3. The van der Waals surface area contributed by atoms with Crippen molar-refractivity contribution in [1.29, 1.82) is 0 Å². The molecule has 0 unspecified atom stereocenters. The number of carbonyl (C=O) groups excluding carboxylic acids is 1. The molecule has 0 atom stereocenters. The summed E-state index contributed by atoms with van der Waals surface area (Å²) in [5.41, 5.74) is 6.03. The zero-order valence-corrected chi connectivity index (χ0v) is 14.3. The summed E-state index contributed by atoms with van der Waals surface area (Å²) < 4.78 is 5.98. The van der Waals surface area contributed by atoms with Crippen LogP contribution in [0.4, 0.5) is 0 Å². The van der Waals surface area contributed by atoms with Gasteiger partial charge in [0.25, 0.3) is 5.24 Å². The number of carbonyl (C=O) groups is 1. The lowest BCUT2D eigenvalue weighted by molar-refractivity contribution is 0.107. The summed E-state index contributed by atoms with van der Waals surface area (Å²) in [7, 11) is 0. The summed E-state index contributed by atoms with van der Waals surface area (Å²) in [5.74, 6) is 0.849. The van der Waals surface area contributed by atoms with E-state index in [1.807, 2.05) is 25.1 Å². The molecule has 0 bridgehead atoms. The fourth-order valence-corrected chi connectivity index (χ4v) is 2.74. The van der Waals surface area contributed by atoms with Crippen molar-refractivity contribution in [2.75, 3.05) is 0 Å². The molecule has 116 valence electrons. The number of hydrogen-bond acceptors (Lipinski definition) is 2. The van der Waals surface area contributed by atoms with Gasteiger partial charge >= 0.3 is 0 Å². The quantitative estimate of drug-likeness (QED) is 0.715. The number of rotatable bonds is 5. The smallest absolute Gasteiger partial charge is 0.252 e. The average molecular weight is 317 g/mol. The van der Waals surface area contributed by atoms with Crippen LogP contribution in [0.3, 0.4) is 0 Å². The topological polar surface area (TPSA) is 26.3 Å². The zero-order chi connectivity index (χ0) is 16.3. The normalized spacial score (nSPS) is 10.6. The van der Waals surface area contributed by atoms with Crippen LogP contribution >= 0.6 is 11.6 Å². The van der Waals surface area contributed by atoms with Crippen molar-refractivity contribution in [3.63, 3.8) is 0 Å². The van der Waals surface area contributed by atoms with Crippen molar-refractivity contribution in [2.24, 2.45) is 0 Å². The molecule has 0 amide bonds. The monoisotopic (exact) mass is 316 g/mol. The second kappa shape index (κ2) is 6.97. The number of halogens is 1. The molecule has 0 aromatic heterocycles. The van der Waals surface area contributed by atoms with Gasteiger partial charge in [-0.2, -0.15) is 0 Å². The van der Waals surface area contributed by atoms with Crippen molar-refractivity contribution in [1.82, 2.24) is 0 Å². The molecule has 2 aromatic carbocycles. The van der Waals surface area contributed by atoms with E-state index in [9.17, 15) is 4.79 Å². The van der Waals surface area contributed by atoms with Gasteiger partial charge in [-0.15, -0.1) is 0 Å². The Labute approximate surface area is 137 Å². The molecule has 0 aliphatic rings. The van der Waals surface area contributed by atoms with Crippen LogP contribution in [-0.4, -0.2) is 5.24 Å². The summed E-state index contributed by atoms with van der Waals surface area (Å²) in [6.45, 7) is 8.59. The Morgan fingerprint density at radius 3 is 2.41 bits per heavy atom. The maximum Gasteiger partial charge on any atom is 0.252 e. The van der Waals surface area contributed by atoms with E-state index in [-0.39, 0.29) is 0 Å². The molecule has 2 aromatic rings. The Balaban J connectivity index is 2.32. The first-order chi connectivity index (χ1) is 10.4. The lowest BCUT2D eigenvalue weighted by atomic mass is 10.0. The van der Waals surface area contributed by atoms with E-state index in [4.69, 9.17) is 16.3 Å². The van der Waals surface area contributed by atoms with Crippen molar-refractivity contribution in [3.05, 3.63) is 63.7 Å². The summed E-state index contributed by atoms with van der Waals surface area (Å²) in [5, 5.41) is -0.439. The molecule has 0 saturated carbocycles. The van der Waals surface area contributed by atoms with E-state index >= 15 is 0 Å². The fraction of sp³-hybridized carbons (Fsp3) is 0.316. The summed E-state index contributed by atoms with van der Waals surface area (Å²) in [6.07, 6.45) is 0.836. The van der Waals surface area contributed by atoms with Gasteiger partial charge in [-0.25, -0.2) is 0 Å². The van der Waals surface area contributed by atoms with Gasteiger partial charge in [-0.05, 0) is 73.2 Å². The van der Waals surface area contributed by atoms with Crippen molar-refractivity contribution < 1.29 is 9.53 Å². The first kappa shape index (κ1) is 16.6. The number of benzene rings is 2. The van der Waals surface area contributed by atoms with E-state index in [0.717, 1.165) is 28.9 Å². The molecular formula is C19H21ClO2. The molecule has 0 saturated heterocycles. The van der Waals surface area contributed by atoms with Gasteiger partial charge in [0, 0.05) is 11.1 Å². The summed E-state index contributed by atoms with van der Waals surface area (Å²) in [6, 6.07) is 9.78. The first-order valence-corrected chi connectivity index (χ1v) is 7.83. The second-order valence-corrected chi connectivity index (χ2v) is 5.90. The molecule has 0 N–H and O–H groups in total. The third-order valence-corrected chi connectivity index (χ3v) is 4.23. The van der Waals surface area contributed by atoms with E-state index in [0.29, 0.717) is 12.2 Å². The van der Waals surface area contributed by atoms with E-state index in [1.165, 1.54) is 11.1 Å². The molecule has 3 heteroatoms. The molecule has 0 aliphatic carbocycles. The van der Waals surface area contributed by atoms with Crippen LogP contribution in [0.1, 0.15) is 45.1 Å². The molecule has 2 nitrogen and oxygen atoms in total. The largest absolute Gasteiger partial charge is 0.489 e. The Kier molecular flexibility index (Phi) is 5.25. The maximum atomic E-state index is 11.6. The van der Waals surface area contributed by atoms with Gasteiger partial charge in [-0.1, -0.05) is 25.1 Å². The fourth-order valence-electron chi connectivity index (χ4n) is 2.56. The highest BCUT2D eigenvalue weighted by Crippen LogP contribution is 2.25. The van der Waals surface area contributed by atoms with Crippen LogP contribution in [0.2, 0.25) is 0 Å². The Morgan fingerprint density at radius 1 is 1.09 bits per heavy atom. The third kappa shape index (κ3) is 3.50. The minimum absolute atomic E-state index is 0.348. The van der Waals surface area contributed by atoms with Gasteiger partial charge in [0.2, 0.25) is 0 Å². The van der Waals surface area contributed by atoms with Crippen LogP contribution in [-0.2, 0) is 13.0 Å². The lowest BCUT2D eigenvalue weighted by Gasteiger charge is -2.15. The Bertz CT molecular complexity index is 705. The molecule has 0 spiro atoms. The number of ether oxygens (including phenoxy) is 1. The van der Waals surface area contributed by atoms with Crippen molar-refractivity contribution in [2.45, 2.75) is 40.7 Å². The van der Waals surface area contributed by atoms with Crippen LogP contribution < -0.4 is 4.74 Å². The predicted molar refractivity (Wildman–Crippen MR) is 91.0 cm³/mol. The predicted octanol–water partition coefficient (Wildman–Crippen LogP) is 5.13. The van der Waals surface area contributed by atoms with Crippen LogP contribution in [0, 0.1) is 20.8 Å². The SMILES string of the molecule is CCc1cccc(C(=O)Cl)c1COc1cc(C)c(C)cc1C. The lowest BCUT2D eigenvalue weighted by Crippen LogP contribution is -2.07. The average Bonchev–Trinajstić information content (AvgIpc) is 2.49.